The van der Waals surface area contributed by atoms with Crippen molar-refractivity contribution < 1.29 is 19.1 Å². The van der Waals surface area contributed by atoms with E-state index in [9.17, 15) is 14.4 Å². The van der Waals surface area contributed by atoms with Crippen molar-refractivity contribution in [3.05, 3.63) is 48.0 Å². The summed E-state index contributed by atoms with van der Waals surface area (Å²) >= 11 is 0. The molecule has 0 aliphatic rings. The SMILES string of the molecule is CC[C@H](C)NC(=O)NC(=O)COC(=O)c1ccc2ccccc2c1. The Bertz CT molecular complexity index is 758. The molecule has 0 spiro atoms. The van der Waals surface area contributed by atoms with Crippen LogP contribution in [-0.4, -0.2) is 30.6 Å². The molecule has 0 radical (unpaired) electrons. The van der Waals surface area contributed by atoms with Crippen molar-refractivity contribution in [2.24, 2.45) is 0 Å². The van der Waals surface area contributed by atoms with E-state index < -0.39 is 24.5 Å². The van der Waals surface area contributed by atoms with Crippen LogP contribution in [0.3, 0.4) is 0 Å². The molecule has 24 heavy (non-hydrogen) atoms. The van der Waals surface area contributed by atoms with Gasteiger partial charge in [0.25, 0.3) is 5.91 Å². The van der Waals surface area contributed by atoms with Crippen LogP contribution in [-0.2, 0) is 9.53 Å². The molecular weight excluding hydrogens is 308 g/mol. The Balaban J connectivity index is 1.87. The van der Waals surface area contributed by atoms with Crippen LogP contribution in [0.4, 0.5) is 4.79 Å². The standard InChI is InChI=1S/C18H20N2O4/c1-3-12(2)19-18(23)20-16(21)11-24-17(22)15-9-8-13-6-4-5-7-14(13)10-15/h4-10,12H,3,11H2,1-2H3,(H2,19,20,21,23)/t12-/m0/s1. The van der Waals surface area contributed by atoms with E-state index in [-0.39, 0.29) is 6.04 Å². The number of urea groups is 1. The second-order valence-corrected chi connectivity index (χ2v) is 5.47. The number of amides is 3. The molecule has 0 aromatic heterocycles. The number of fused-ring (bicyclic) bond motifs is 1. The smallest absolute Gasteiger partial charge is 0.338 e. The Labute approximate surface area is 140 Å². The molecule has 0 fully saturated rings. The molecule has 126 valence electrons. The molecule has 2 rings (SSSR count). The van der Waals surface area contributed by atoms with Crippen LogP contribution in [0.5, 0.6) is 0 Å². The number of nitrogens with one attached hydrogen (secondary N) is 2. The van der Waals surface area contributed by atoms with Crippen LogP contribution in [0, 0.1) is 0 Å². The van der Waals surface area contributed by atoms with Crippen LogP contribution >= 0.6 is 0 Å². The van der Waals surface area contributed by atoms with Crippen LogP contribution in [0.25, 0.3) is 10.8 Å². The molecule has 1 atom stereocenters. The summed E-state index contributed by atoms with van der Waals surface area (Å²) in [6.45, 7) is 3.22. The fraction of sp³-hybridized carbons (Fsp3) is 0.278. The van der Waals surface area contributed by atoms with Crippen LogP contribution in [0.15, 0.2) is 42.5 Å². The van der Waals surface area contributed by atoms with Crippen molar-refractivity contribution in [1.29, 1.82) is 0 Å². The lowest BCUT2D eigenvalue weighted by molar-refractivity contribution is -0.123. The fourth-order valence-electron chi connectivity index (χ4n) is 2.06. The molecule has 2 N–H and O–H groups in total. The van der Waals surface area contributed by atoms with Gasteiger partial charge in [-0.3, -0.25) is 10.1 Å². The molecule has 0 saturated carbocycles. The quantitative estimate of drug-likeness (QED) is 0.826. The predicted molar refractivity (Wildman–Crippen MR) is 90.7 cm³/mol. The van der Waals surface area contributed by atoms with E-state index in [0.29, 0.717) is 5.56 Å². The Morgan fingerprint density at radius 3 is 2.50 bits per heavy atom. The monoisotopic (exact) mass is 328 g/mol. The molecule has 0 aliphatic heterocycles. The van der Waals surface area contributed by atoms with Crippen LogP contribution < -0.4 is 10.6 Å². The first-order valence-corrected chi connectivity index (χ1v) is 7.76. The van der Waals surface area contributed by atoms with E-state index in [1.807, 2.05) is 44.2 Å². The molecule has 6 heteroatoms. The van der Waals surface area contributed by atoms with Crippen LogP contribution in [0.2, 0.25) is 0 Å². The van der Waals surface area contributed by atoms with E-state index >= 15 is 0 Å². The van der Waals surface area contributed by atoms with Gasteiger partial charge in [0, 0.05) is 6.04 Å². The van der Waals surface area contributed by atoms with Gasteiger partial charge in [0.05, 0.1) is 5.56 Å². The summed E-state index contributed by atoms with van der Waals surface area (Å²) in [5.41, 5.74) is 0.352. The second kappa shape index (κ2) is 8.10. The average Bonchev–Trinajstić information content (AvgIpc) is 2.58. The van der Waals surface area contributed by atoms with Crippen molar-refractivity contribution in [2.45, 2.75) is 26.3 Å². The maximum absolute atomic E-state index is 12.0. The van der Waals surface area contributed by atoms with Gasteiger partial charge >= 0.3 is 12.0 Å². The summed E-state index contributed by atoms with van der Waals surface area (Å²) in [7, 11) is 0. The first kappa shape index (κ1) is 17.5. The van der Waals surface area contributed by atoms with Gasteiger partial charge in [0.2, 0.25) is 0 Å². The normalized spacial score (nSPS) is 11.6. The zero-order chi connectivity index (χ0) is 17.5. The van der Waals surface area contributed by atoms with Gasteiger partial charge in [-0.15, -0.1) is 0 Å². The zero-order valence-corrected chi connectivity index (χ0v) is 13.7. The minimum atomic E-state index is -0.676. The van der Waals surface area contributed by atoms with E-state index in [1.165, 1.54) is 0 Å². The third kappa shape index (κ3) is 4.81. The van der Waals surface area contributed by atoms with Crippen molar-refractivity contribution in [1.82, 2.24) is 10.6 Å². The van der Waals surface area contributed by atoms with Crippen LogP contribution in [0.1, 0.15) is 30.6 Å². The summed E-state index contributed by atoms with van der Waals surface area (Å²) < 4.78 is 4.94. The topological polar surface area (TPSA) is 84.5 Å². The second-order valence-electron chi connectivity index (χ2n) is 5.47. The van der Waals surface area contributed by atoms with E-state index in [2.05, 4.69) is 10.6 Å². The molecule has 2 aromatic carbocycles. The molecule has 0 bridgehead atoms. The van der Waals surface area contributed by atoms with Gasteiger partial charge in [-0.05, 0) is 36.2 Å². The van der Waals surface area contributed by atoms with Crippen molar-refractivity contribution in [3.8, 4) is 0 Å². The minimum Gasteiger partial charge on any atom is -0.452 e. The third-order valence-corrected chi connectivity index (χ3v) is 3.56. The van der Waals surface area contributed by atoms with E-state index in [0.717, 1.165) is 17.2 Å². The fourth-order valence-corrected chi connectivity index (χ4v) is 2.06. The number of imide groups is 1. The molecule has 0 aliphatic carbocycles. The van der Waals surface area contributed by atoms with Gasteiger partial charge in [0.1, 0.15) is 0 Å². The first-order chi connectivity index (χ1) is 11.5. The summed E-state index contributed by atoms with van der Waals surface area (Å²) in [5.74, 6) is -1.29. The highest BCUT2D eigenvalue weighted by Crippen LogP contribution is 2.16. The van der Waals surface area contributed by atoms with Gasteiger partial charge < -0.3 is 10.1 Å². The maximum atomic E-state index is 12.0. The van der Waals surface area contributed by atoms with Gasteiger partial charge in [-0.25, -0.2) is 9.59 Å². The predicted octanol–water partition coefficient (Wildman–Crippen LogP) is 2.62. The molecule has 2 aromatic rings. The summed E-state index contributed by atoms with van der Waals surface area (Å²) in [5, 5.41) is 6.62. The van der Waals surface area contributed by atoms with Crippen molar-refractivity contribution >= 4 is 28.7 Å². The molecule has 0 saturated heterocycles. The lowest BCUT2D eigenvalue weighted by Crippen LogP contribution is -2.44. The number of hydrogen-bond donors (Lipinski definition) is 2. The number of rotatable bonds is 5. The number of esters is 1. The largest absolute Gasteiger partial charge is 0.452 e. The number of carbonyl (C=O) groups is 3. The minimum absolute atomic E-state index is 0.0436. The maximum Gasteiger partial charge on any atom is 0.338 e. The van der Waals surface area contributed by atoms with Crippen molar-refractivity contribution in [2.75, 3.05) is 6.61 Å². The highest BCUT2D eigenvalue weighted by atomic mass is 16.5. The molecule has 0 unspecified atom stereocenters. The third-order valence-electron chi connectivity index (χ3n) is 3.56. The van der Waals surface area contributed by atoms with Gasteiger partial charge in [-0.1, -0.05) is 37.3 Å². The van der Waals surface area contributed by atoms with Gasteiger partial charge in [0.15, 0.2) is 6.61 Å². The first-order valence-electron chi connectivity index (χ1n) is 7.76. The van der Waals surface area contributed by atoms with E-state index in [1.54, 1.807) is 12.1 Å². The Kier molecular flexibility index (Phi) is 5.89. The number of hydrogen-bond acceptors (Lipinski definition) is 4. The number of benzene rings is 2. The number of ether oxygens (including phenoxy) is 1. The highest BCUT2D eigenvalue weighted by molar-refractivity contribution is 5.98. The lowest BCUT2D eigenvalue weighted by Gasteiger charge is -2.11. The lowest BCUT2D eigenvalue weighted by atomic mass is 10.1. The molecule has 0 heterocycles. The molecule has 6 nitrogen and oxygen atoms in total. The highest BCUT2D eigenvalue weighted by Gasteiger charge is 2.13. The number of carbonyl (C=O) groups excluding carboxylic acids is 3. The molecule has 3 amide bonds. The Hall–Kier alpha value is -2.89. The summed E-state index contributed by atoms with van der Waals surface area (Å²) in [6, 6.07) is 12.1. The van der Waals surface area contributed by atoms with E-state index in [4.69, 9.17) is 4.74 Å². The molecular formula is C18H20N2O4. The zero-order valence-electron chi connectivity index (χ0n) is 13.7. The Morgan fingerprint density at radius 2 is 1.79 bits per heavy atom. The average molecular weight is 328 g/mol. The van der Waals surface area contributed by atoms with Gasteiger partial charge in [-0.2, -0.15) is 0 Å². The Morgan fingerprint density at radius 1 is 1.08 bits per heavy atom. The van der Waals surface area contributed by atoms with Crippen molar-refractivity contribution in [3.63, 3.8) is 0 Å². The summed E-state index contributed by atoms with van der Waals surface area (Å²) in [6.07, 6.45) is 0.749. The summed E-state index contributed by atoms with van der Waals surface area (Å²) in [4.78, 5) is 35.1.